The first-order valence-corrected chi connectivity index (χ1v) is 10.3. The van der Waals surface area contributed by atoms with Crippen LogP contribution >= 0.6 is 0 Å². The zero-order valence-corrected chi connectivity index (χ0v) is 17.4. The molecule has 0 aliphatic carbocycles. The van der Waals surface area contributed by atoms with E-state index in [4.69, 9.17) is 0 Å². The molecule has 1 aromatic heterocycles. The third-order valence-electron chi connectivity index (χ3n) is 5.05. The summed E-state index contributed by atoms with van der Waals surface area (Å²) < 4.78 is 1.72. The van der Waals surface area contributed by atoms with Crippen molar-refractivity contribution in [1.82, 2.24) is 15.1 Å². The van der Waals surface area contributed by atoms with Crippen molar-refractivity contribution in [3.8, 4) is 5.69 Å². The van der Waals surface area contributed by atoms with Gasteiger partial charge in [0.1, 0.15) is 0 Å². The largest absolute Gasteiger partial charge is 0.343 e. The number of anilines is 2. The number of amides is 3. The van der Waals surface area contributed by atoms with Gasteiger partial charge in [-0.1, -0.05) is 12.1 Å². The molecule has 8 heteroatoms. The van der Waals surface area contributed by atoms with Crippen molar-refractivity contribution in [2.24, 2.45) is 0 Å². The van der Waals surface area contributed by atoms with Crippen LogP contribution in [0.2, 0.25) is 0 Å². The molecule has 2 N–H and O–H groups in total. The molecule has 2 aromatic carbocycles. The van der Waals surface area contributed by atoms with Crippen LogP contribution in [0.5, 0.6) is 0 Å². The topological polar surface area (TPSA) is 96.3 Å². The van der Waals surface area contributed by atoms with Gasteiger partial charge in [-0.25, -0.2) is 4.68 Å². The van der Waals surface area contributed by atoms with Gasteiger partial charge >= 0.3 is 0 Å². The highest BCUT2D eigenvalue weighted by atomic mass is 16.2. The number of nitrogens with zero attached hydrogens (tertiary/aromatic N) is 3. The highest BCUT2D eigenvalue weighted by Crippen LogP contribution is 2.21. The van der Waals surface area contributed by atoms with E-state index in [1.165, 1.54) is 6.08 Å². The van der Waals surface area contributed by atoms with Gasteiger partial charge in [0.05, 0.1) is 12.2 Å². The lowest BCUT2D eigenvalue weighted by Gasteiger charge is -2.15. The van der Waals surface area contributed by atoms with Crippen LogP contribution in [-0.2, 0) is 14.4 Å². The number of aromatic nitrogens is 2. The molecule has 0 saturated carbocycles. The lowest BCUT2D eigenvalue weighted by atomic mass is 10.2. The smallest absolute Gasteiger partial charge is 0.244 e. The van der Waals surface area contributed by atoms with Crippen molar-refractivity contribution in [3.63, 3.8) is 0 Å². The summed E-state index contributed by atoms with van der Waals surface area (Å²) in [7, 11) is 0. The van der Waals surface area contributed by atoms with Crippen LogP contribution in [0, 0.1) is 0 Å². The Balaban J connectivity index is 1.23. The summed E-state index contributed by atoms with van der Waals surface area (Å²) in [6.07, 6.45) is 8.04. The molecule has 0 bridgehead atoms. The van der Waals surface area contributed by atoms with Gasteiger partial charge in [-0.3, -0.25) is 14.4 Å². The molecule has 1 aliphatic rings. The molecule has 8 nitrogen and oxygen atoms in total. The fraction of sp³-hybridized carbons (Fsp3) is 0.167. The second-order valence-electron chi connectivity index (χ2n) is 7.34. The summed E-state index contributed by atoms with van der Waals surface area (Å²) in [6.45, 7) is 0.604. The third-order valence-corrected chi connectivity index (χ3v) is 5.05. The van der Waals surface area contributed by atoms with E-state index in [0.717, 1.165) is 29.9 Å². The van der Waals surface area contributed by atoms with E-state index in [1.807, 2.05) is 48.7 Å². The maximum Gasteiger partial charge on any atom is 0.244 e. The number of hydrogen-bond donors (Lipinski definition) is 2. The fourth-order valence-electron chi connectivity index (χ4n) is 3.41. The Morgan fingerprint density at radius 2 is 1.78 bits per heavy atom. The monoisotopic (exact) mass is 429 g/mol. The summed E-state index contributed by atoms with van der Waals surface area (Å²) in [5.41, 5.74) is 3.21. The average molecular weight is 429 g/mol. The van der Waals surface area contributed by atoms with Crippen LogP contribution in [0.4, 0.5) is 11.4 Å². The molecule has 0 radical (unpaired) electrons. The Morgan fingerprint density at radius 3 is 2.44 bits per heavy atom. The average Bonchev–Trinajstić information content (AvgIpc) is 3.49. The Bertz CT molecular complexity index is 1120. The van der Waals surface area contributed by atoms with E-state index < -0.39 is 0 Å². The van der Waals surface area contributed by atoms with Crippen LogP contribution in [0.1, 0.15) is 18.4 Å². The highest BCUT2D eigenvalue weighted by Gasteiger charge is 2.21. The second kappa shape index (κ2) is 9.74. The summed E-state index contributed by atoms with van der Waals surface area (Å²) >= 11 is 0. The first kappa shape index (κ1) is 21.0. The normalized spacial score (nSPS) is 13.5. The zero-order valence-electron chi connectivity index (χ0n) is 17.4. The highest BCUT2D eigenvalue weighted by molar-refractivity contribution is 5.98. The minimum atomic E-state index is -0.368. The maximum atomic E-state index is 12.1. The lowest BCUT2D eigenvalue weighted by Crippen LogP contribution is -2.31. The van der Waals surface area contributed by atoms with Gasteiger partial charge in [0.25, 0.3) is 0 Å². The fourth-order valence-corrected chi connectivity index (χ4v) is 3.41. The van der Waals surface area contributed by atoms with Crippen LogP contribution < -0.4 is 15.5 Å². The van der Waals surface area contributed by atoms with Gasteiger partial charge in [0.15, 0.2) is 0 Å². The number of carbonyl (C=O) groups excluding carboxylic acids is 3. The standard InChI is InChI=1S/C24H23N5O3/c30-22(13-6-18-4-9-20(10-5-18)28-15-1-3-24(28)32)25-17-23(31)27-19-7-11-21(12-8-19)29-16-2-14-26-29/h2,4-14,16H,1,3,15,17H2,(H,25,30)(H,27,31)/b13-6+. The van der Waals surface area contributed by atoms with Gasteiger partial charge in [-0.05, 0) is 60.5 Å². The SMILES string of the molecule is O=C(/C=C/c1ccc(N2CCCC2=O)cc1)NCC(=O)Nc1ccc(-n2cccn2)cc1. The van der Waals surface area contributed by atoms with E-state index in [9.17, 15) is 14.4 Å². The first-order valence-electron chi connectivity index (χ1n) is 10.3. The molecule has 1 saturated heterocycles. The third kappa shape index (κ3) is 5.28. The van der Waals surface area contributed by atoms with Crippen molar-refractivity contribution in [2.75, 3.05) is 23.3 Å². The molecule has 1 aliphatic heterocycles. The zero-order chi connectivity index (χ0) is 22.3. The van der Waals surface area contributed by atoms with Gasteiger partial charge in [-0.2, -0.15) is 5.10 Å². The summed E-state index contributed by atoms with van der Waals surface area (Å²) in [4.78, 5) is 37.7. The van der Waals surface area contributed by atoms with Crippen LogP contribution in [0.3, 0.4) is 0 Å². The van der Waals surface area contributed by atoms with Crippen LogP contribution in [0.15, 0.2) is 73.1 Å². The van der Waals surface area contributed by atoms with Gasteiger partial charge < -0.3 is 15.5 Å². The molecule has 3 amide bonds. The number of benzene rings is 2. The minimum absolute atomic E-state index is 0.139. The maximum absolute atomic E-state index is 12.1. The molecule has 2 heterocycles. The molecular weight excluding hydrogens is 406 g/mol. The van der Waals surface area contributed by atoms with E-state index >= 15 is 0 Å². The quantitative estimate of drug-likeness (QED) is 0.565. The summed E-state index contributed by atoms with van der Waals surface area (Å²) in [6, 6.07) is 16.5. The molecule has 3 aromatic rings. The molecule has 0 atom stereocenters. The van der Waals surface area contributed by atoms with E-state index in [0.29, 0.717) is 12.1 Å². The van der Waals surface area contributed by atoms with Gasteiger partial charge in [0.2, 0.25) is 17.7 Å². The Kier molecular flexibility index (Phi) is 6.41. The summed E-state index contributed by atoms with van der Waals surface area (Å²) in [5, 5.41) is 9.45. The van der Waals surface area contributed by atoms with Crippen molar-refractivity contribution in [1.29, 1.82) is 0 Å². The molecule has 1 fully saturated rings. The Labute approximate surface area is 185 Å². The van der Waals surface area contributed by atoms with E-state index in [-0.39, 0.29) is 24.3 Å². The minimum Gasteiger partial charge on any atom is -0.343 e. The van der Waals surface area contributed by atoms with Gasteiger partial charge in [-0.15, -0.1) is 0 Å². The van der Waals surface area contributed by atoms with E-state index in [1.54, 1.807) is 34.0 Å². The van der Waals surface area contributed by atoms with Gasteiger partial charge in [0, 0.05) is 42.8 Å². The number of carbonyl (C=O) groups is 3. The Morgan fingerprint density at radius 1 is 1.03 bits per heavy atom. The van der Waals surface area contributed by atoms with E-state index in [2.05, 4.69) is 15.7 Å². The van der Waals surface area contributed by atoms with Crippen molar-refractivity contribution < 1.29 is 14.4 Å². The molecule has 162 valence electrons. The molecule has 0 unspecified atom stereocenters. The Hall–Kier alpha value is -4.20. The predicted octanol–water partition coefficient (Wildman–Crippen LogP) is 2.77. The molecular formula is C24H23N5O3. The van der Waals surface area contributed by atoms with Crippen molar-refractivity contribution in [2.45, 2.75) is 12.8 Å². The van der Waals surface area contributed by atoms with Crippen molar-refractivity contribution >= 4 is 35.2 Å². The molecule has 32 heavy (non-hydrogen) atoms. The van der Waals surface area contributed by atoms with Crippen LogP contribution in [0.25, 0.3) is 11.8 Å². The molecule has 0 spiro atoms. The van der Waals surface area contributed by atoms with Crippen LogP contribution in [-0.4, -0.2) is 40.6 Å². The predicted molar refractivity (Wildman–Crippen MR) is 122 cm³/mol. The number of nitrogens with one attached hydrogen (secondary N) is 2. The lowest BCUT2D eigenvalue weighted by molar-refractivity contribution is -0.121. The second-order valence-corrected chi connectivity index (χ2v) is 7.34. The number of rotatable bonds is 7. The number of hydrogen-bond acceptors (Lipinski definition) is 4. The summed E-state index contributed by atoms with van der Waals surface area (Å²) in [5.74, 6) is -0.550. The first-order chi connectivity index (χ1) is 15.6. The van der Waals surface area contributed by atoms with Crippen molar-refractivity contribution in [3.05, 3.63) is 78.6 Å². The molecule has 4 rings (SSSR count).